The van der Waals surface area contributed by atoms with Crippen LogP contribution < -0.4 is 0 Å². The van der Waals surface area contributed by atoms with E-state index < -0.39 is 0 Å². The minimum atomic E-state index is -0.304. The SMILES string of the molecule is O=C(c1sccc1C#CCO)N1CCOCC1CO. The van der Waals surface area contributed by atoms with Gasteiger partial charge in [-0.25, -0.2) is 0 Å². The molecule has 1 aliphatic heterocycles. The predicted molar refractivity (Wildman–Crippen MR) is 71.0 cm³/mol. The van der Waals surface area contributed by atoms with Crippen LogP contribution in [0.15, 0.2) is 11.4 Å². The highest BCUT2D eigenvalue weighted by Gasteiger charge is 2.29. The van der Waals surface area contributed by atoms with Crippen molar-refractivity contribution in [3.8, 4) is 11.8 Å². The molecule has 6 heteroatoms. The van der Waals surface area contributed by atoms with E-state index in [1.807, 2.05) is 0 Å². The molecule has 0 aliphatic carbocycles. The van der Waals surface area contributed by atoms with Crippen molar-refractivity contribution >= 4 is 17.2 Å². The topological polar surface area (TPSA) is 70.0 Å². The lowest BCUT2D eigenvalue weighted by Gasteiger charge is -2.34. The number of rotatable bonds is 2. The molecule has 1 aromatic rings. The third kappa shape index (κ3) is 3.14. The molecule has 2 N–H and O–H groups in total. The van der Waals surface area contributed by atoms with Gasteiger partial charge in [0, 0.05) is 12.1 Å². The number of carbonyl (C=O) groups is 1. The minimum Gasteiger partial charge on any atom is -0.394 e. The van der Waals surface area contributed by atoms with Crippen molar-refractivity contribution in [3.05, 3.63) is 21.9 Å². The standard InChI is InChI=1S/C13H15NO4S/c15-5-1-2-10-3-7-19-12(10)13(17)14-4-6-18-9-11(14)8-16/h3,7,11,15-16H,4-6,8-9H2. The minimum absolute atomic E-state index is 0.116. The first-order valence-electron chi connectivity index (χ1n) is 5.94. The van der Waals surface area contributed by atoms with E-state index >= 15 is 0 Å². The summed E-state index contributed by atoms with van der Waals surface area (Å²) in [4.78, 5) is 14.6. The van der Waals surface area contributed by atoms with Gasteiger partial charge in [-0.15, -0.1) is 11.3 Å². The second-order valence-electron chi connectivity index (χ2n) is 4.03. The van der Waals surface area contributed by atoms with Gasteiger partial charge >= 0.3 is 0 Å². The molecule has 1 saturated heterocycles. The number of morpholine rings is 1. The Kier molecular flexibility index (Phi) is 4.93. The monoisotopic (exact) mass is 281 g/mol. The molecule has 0 spiro atoms. The fraction of sp³-hybridized carbons (Fsp3) is 0.462. The fourth-order valence-electron chi connectivity index (χ4n) is 1.91. The fourth-order valence-corrected chi connectivity index (χ4v) is 2.72. The molecule has 5 nitrogen and oxygen atoms in total. The van der Waals surface area contributed by atoms with Crippen LogP contribution >= 0.6 is 11.3 Å². The van der Waals surface area contributed by atoms with E-state index in [-0.39, 0.29) is 25.2 Å². The van der Waals surface area contributed by atoms with Gasteiger partial charge in [-0.1, -0.05) is 11.8 Å². The van der Waals surface area contributed by atoms with E-state index in [9.17, 15) is 9.90 Å². The van der Waals surface area contributed by atoms with Crippen molar-refractivity contribution in [3.63, 3.8) is 0 Å². The van der Waals surface area contributed by atoms with Crippen molar-refractivity contribution in [2.45, 2.75) is 6.04 Å². The summed E-state index contributed by atoms with van der Waals surface area (Å²) in [6, 6.07) is 1.46. The number of hydrogen-bond donors (Lipinski definition) is 2. The van der Waals surface area contributed by atoms with Crippen LogP contribution in [0.3, 0.4) is 0 Å². The first kappa shape index (κ1) is 14.0. The number of hydrogen-bond acceptors (Lipinski definition) is 5. The zero-order valence-electron chi connectivity index (χ0n) is 10.3. The van der Waals surface area contributed by atoms with Gasteiger partial charge < -0.3 is 19.8 Å². The molecule has 0 bridgehead atoms. The summed E-state index contributed by atoms with van der Waals surface area (Å²) < 4.78 is 5.25. The summed E-state index contributed by atoms with van der Waals surface area (Å²) in [6.45, 7) is 0.945. The lowest BCUT2D eigenvalue weighted by Crippen LogP contribution is -2.50. The summed E-state index contributed by atoms with van der Waals surface area (Å²) in [5.74, 6) is 5.17. The normalized spacial score (nSPS) is 18.8. The smallest absolute Gasteiger partial charge is 0.265 e. The molecule has 1 aliphatic rings. The van der Waals surface area contributed by atoms with E-state index in [2.05, 4.69) is 11.8 Å². The average Bonchev–Trinajstić information content (AvgIpc) is 2.92. The molecule has 0 radical (unpaired) electrons. The van der Waals surface area contributed by atoms with Crippen LogP contribution in [0.4, 0.5) is 0 Å². The lowest BCUT2D eigenvalue weighted by molar-refractivity contribution is -0.0181. The third-order valence-electron chi connectivity index (χ3n) is 2.86. The first-order chi connectivity index (χ1) is 9.27. The number of aliphatic hydroxyl groups excluding tert-OH is 2. The molecule has 1 atom stereocenters. The summed E-state index contributed by atoms with van der Waals surface area (Å²) in [5.41, 5.74) is 0.618. The average molecular weight is 281 g/mol. The number of ether oxygens (including phenoxy) is 1. The van der Waals surface area contributed by atoms with Gasteiger partial charge in [-0.05, 0) is 11.4 Å². The molecule has 1 amide bonds. The summed E-state index contributed by atoms with van der Waals surface area (Å²) in [6.07, 6.45) is 0. The molecular formula is C13H15NO4S. The molecule has 1 aromatic heterocycles. The van der Waals surface area contributed by atoms with Crippen molar-refractivity contribution in [2.24, 2.45) is 0 Å². The zero-order chi connectivity index (χ0) is 13.7. The van der Waals surface area contributed by atoms with Gasteiger partial charge in [0.05, 0.1) is 25.9 Å². The molecule has 2 heterocycles. The Bertz CT molecular complexity index is 502. The summed E-state index contributed by atoms with van der Waals surface area (Å²) >= 11 is 1.32. The highest BCUT2D eigenvalue weighted by molar-refractivity contribution is 7.12. The second-order valence-corrected chi connectivity index (χ2v) is 4.95. The number of amides is 1. The first-order valence-corrected chi connectivity index (χ1v) is 6.82. The van der Waals surface area contributed by atoms with Gasteiger partial charge in [0.15, 0.2) is 0 Å². The van der Waals surface area contributed by atoms with Crippen LogP contribution in [0, 0.1) is 11.8 Å². The number of aliphatic hydroxyl groups is 2. The Morgan fingerprint density at radius 1 is 1.58 bits per heavy atom. The maximum absolute atomic E-state index is 12.5. The van der Waals surface area contributed by atoms with Crippen LogP contribution in [0.25, 0.3) is 0 Å². The van der Waals surface area contributed by atoms with Crippen LogP contribution in [0.5, 0.6) is 0 Å². The van der Waals surface area contributed by atoms with Crippen molar-refractivity contribution < 1.29 is 19.7 Å². The summed E-state index contributed by atoms with van der Waals surface area (Å²) in [7, 11) is 0. The second kappa shape index (κ2) is 6.68. The van der Waals surface area contributed by atoms with E-state index in [0.717, 1.165) is 0 Å². The van der Waals surface area contributed by atoms with Gasteiger partial charge in [-0.3, -0.25) is 4.79 Å². The molecule has 0 saturated carbocycles. The van der Waals surface area contributed by atoms with Crippen molar-refractivity contribution in [1.29, 1.82) is 0 Å². The van der Waals surface area contributed by atoms with Crippen LogP contribution in [0.2, 0.25) is 0 Å². The Morgan fingerprint density at radius 2 is 2.42 bits per heavy atom. The molecule has 1 fully saturated rings. The predicted octanol–water partition coefficient (Wildman–Crippen LogP) is -0.0748. The van der Waals surface area contributed by atoms with Crippen LogP contribution in [-0.2, 0) is 4.74 Å². The maximum atomic E-state index is 12.5. The largest absolute Gasteiger partial charge is 0.394 e. The van der Waals surface area contributed by atoms with Crippen molar-refractivity contribution in [2.75, 3.05) is 33.0 Å². The van der Waals surface area contributed by atoms with E-state index in [4.69, 9.17) is 9.84 Å². The highest BCUT2D eigenvalue weighted by atomic mass is 32.1. The van der Waals surface area contributed by atoms with E-state index in [1.165, 1.54) is 11.3 Å². The molecule has 1 unspecified atom stereocenters. The van der Waals surface area contributed by atoms with Gasteiger partial charge in [-0.2, -0.15) is 0 Å². The zero-order valence-corrected chi connectivity index (χ0v) is 11.2. The maximum Gasteiger partial charge on any atom is 0.265 e. The molecule has 2 rings (SSSR count). The van der Waals surface area contributed by atoms with Crippen LogP contribution in [0.1, 0.15) is 15.2 Å². The Balaban J connectivity index is 2.21. The number of carbonyl (C=O) groups excluding carboxylic acids is 1. The lowest BCUT2D eigenvalue weighted by atomic mass is 10.2. The van der Waals surface area contributed by atoms with Gasteiger partial charge in [0.1, 0.15) is 11.5 Å². The molecule has 19 heavy (non-hydrogen) atoms. The number of thiophene rings is 1. The van der Waals surface area contributed by atoms with Gasteiger partial charge in [0.25, 0.3) is 5.91 Å². The quantitative estimate of drug-likeness (QED) is 0.744. The molecule has 0 aromatic carbocycles. The van der Waals surface area contributed by atoms with Crippen molar-refractivity contribution in [1.82, 2.24) is 4.90 Å². The van der Waals surface area contributed by atoms with E-state index in [1.54, 1.807) is 16.3 Å². The highest BCUT2D eigenvalue weighted by Crippen LogP contribution is 2.20. The molecular weight excluding hydrogens is 266 g/mol. The Labute approximate surface area is 115 Å². The van der Waals surface area contributed by atoms with E-state index in [0.29, 0.717) is 30.2 Å². The number of nitrogens with zero attached hydrogens (tertiary/aromatic N) is 1. The van der Waals surface area contributed by atoms with Gasteiger partial charge in [0.2, 0.25) is 0 Å². The van der Waals surface area contributed by atoms with Crippen LogP contribution in [-0.4, -0.2) is 60.0 Å². The molecule has 102 valence electrons. The summed E-state index contributed by atoms with van der Waals surface area (Å²) in [5, 5.41) is 19.8. The Morgan fingerprint density at radius 3 is 3.16 bits per heavy atom. The Hall–Kier alpha value is -1.39. The third-order valence-corrected chi connectivity index (χ3v) is 3.76.